The Morgan fingerprint density at radius 2 is 2.14 bits per heavy atom. The number of rotatable bonds is 1. The van der Waals surface area contributed by atoms with E-state index >= 15 is 0 Å². The van der Waals surface area contributed by atoms with Gasteiger partial charge in [-0.2, -0.15) is 0 Å². The Labute approximate surface area is 52.5 Å². The van der Waals surface area contributed by atoms with Crippen LogP contribution in [0.3, 0.4) is 0 Å². The Kier molecular flexibility index (Phi) is 1.46. The highest BCUT2D eigenvalue weighted by molar-refractivity contribution is 6.31. The molecular weight excluding hydrogens is 135 g/mol. The number of hydrogen-bond acceptors (Lipinski definition) is 1. The highest BCUT2D eigenvalue weighted by Crippen LogP contribution is 2.25. The molecule has 42 valence electrons. The molecule has 0 spiro atoms. The fraction of sp³-hybridized carbons (Fsp3) is 1.00. The van der Waals surface area contributed by atoms with Crippen molar-refractivity contribution in [3.63, 3.8) is 0 Å². The lowest BCUT2D eigenvalue weighted by molar-refractivity contribution is -0.00247. The zero-order valence-electron chi connectivity index (χ0n) is 3.79. The lowest BCUT2D eigenvalue weighted by Gasteiger charge is -2.33. The molecule has 0 saturated carbocycles. The van der Waals surface area contributed by atoms with Crippen LogP contribution in [-0.4, -0.2) is 24.0 Å². The normalized spacial score (nSPS) is 26.6. The molecule has 0 N–H and O–H groups in total. The molecule has 0 aliphatic carbocycles. The summed E-state index contributed by atoms with van der Waals surface area (Å²) in [5.74, 6) is 0.495. The van der Waals surface area contributed by atoms with E-state index in [0.717, 1.165) is 0 Å². The van der Waals surface area contributed by atoms with Gasteiger partial charge in [0.1, 0.15) is 4.87 Å². The van der Waals surface area contributed by atoms with E-state index in [1.807, 2.05) is 0 Å². The maximum atomic E-state index is 5.73. The lowest BCUT2D eigenvalue weighted by Crippen LogP contribution is -2.45. The highest BCUT2D eigenvalue weighted by atomic mass is 35.5. The minimum absolute atomic E-state index is 0.221. The third-order valence-corrected chi connectivity index (χ3v) is 1.96. The Bertz CT molecular complexity index is 64.6. The SMILES string of the molecule is ClCC1(Cl)COC1. The van der Waals surface area contributed by atoms with Gasteiger partial charge in [-0.15, -0.1) is 23.2 Å². The van der Waals surface area contributed by atoms with Crippen molar-refractivity contribution in [3.05, 3.63) is 0 Å². The smallest absolute Gasteiger partial charge is 0.105 e. The Morgan fingerprint density at radius 1 is 1.57 bits per heavy atom. The molecule has 0 aromatic rings. The van der Waals surface area contributed by atoms with E-state index in [1.165, 1.54) is 0 Å². The van der Waals surface area contributed by atoms with E-state index in [9.17, 15) is 0 Å². The summed E-state index contributed by atoms with van der Waals surface area (Å²) in [7, 11) is 0. The first-order valence-corrected chi connectivity index (χ1v) is 3.01. The summed E-state index contributed by atoms with van der Waals surface area (Å²) >= 11 is 11.2. The van der Waals surface area contributed by atoms with Gasteiger partial charge < -0.3 is 4.74 Å². The van der Waals surface area contributed by atoms with Gasteiger partial charge in [0.2, 0.25) is 0 Å². The first kappa shape index (κ1) is 5.67. The molecule has 7 heavy (non-hydrogen) atoms. The Morgan fingerprint density at radius 3 is 2.14 bits per heavy atom. The van der Waals surface area contributed by atoms with Gasteiger partial charge in [0.05, 0.1) is 13.2 Å². The molecule has 0 amide bonds. The number of alkyl halides is 2. The first-order valence-electron chi connectivity index (χ1n) is 2.09. The average Bonchev–Trinajstić information content (AvgIpc) is 1.61. The van der Waals surface area contributed by atoms with Crippen molar-refractivity contribution in [2.24, 2.45) is 0 Å². The topological polar surface area (TPSA) is 9.23 Å². The standard InChI is InChI=1S/C4H6Cl2O/c5-1-4(6)2-7-3-4/h1-3H2. The molecule has 0 aromatic heterocycles. The van der Waals surface area contributed by atoms with Gasteiger partial charge in [-0.05, 0) is 0 Å². The van der Waals surface area contributed by atoms with E-state index in [2.05, 4.69) is 0 Å². The fourth-order valence-electron chi connectivity index (χ4n) is 0.401. The summed E-state index contributed by atoms with van der Waals surface area (Å²) in [5.41, 5.74) is 0. The molecule has 0 aromatic carbocycles. The molecule has 1 aliphatic heterocycles. The predicted octanol–water partition coefficient (Wildman–Crippen LogP) is 1.23. The first-order chi connectivity index (χ1) is 3.27. The largest absolute Gasteiger partial charge is 0.378 e. The van der Waals surface area contributed by atoms with Gasteiger partial charge >= 0.3 is 0 Å². The summed E-state index contributed by atoms with van der Waals surface area (Å²) in [6, 6.07) is 0. The van der Waals surface area contributed by atoms with Gasteiger partial charge in [-0.1, -0.05) is 0 Å². The molecule has 0 bridgehead atoms. The van der Waals surface area contributed by atoms with Crippen LogP contribution in [0.15, 0.2) is 0 Å². The second kappa shape index (κ2) is 1.81. The molecule has 1 saturated heterocycles. The molecule has 1 rings (SSSR count). The van der Waals surface area contributed by atoms with Crippen LogP contribution in [0.2, 0.25) is 0 Å². The van der Waals surface area contributed by atoms with Crippen LogP contribution in [0.4, 0.5) is 0 Å². The maximum absolute atomic E-state index is 5.73. The zero-order valence-corrected chi connectivity index (χ0v) is 5.30. The van der Waals surface area contributed by atoms with Crippen LogP contribution in [0, 0.1) is 0 Å². The minimum Gasteiger partial charge on any atom is -0.378 e. The summed E-state index contributed by atoms with van der Waals surface area (Å²) in [5, 5.41) is 0. The van der Waals surface area contributed by atoms with Crippen molar-refractivity contribution < 1.29 is 4.74 Å². The van der Waals surface area contributed by atoms with Crippen molar-refractivity contribution in [1.82, 2.24) is 0 Å². The Hall–Kier alpha value is 0.540. The number of ether oxygens (including phenoxy) is 1. The van der Waals surface area contributed by atoms with Crippen molar-refractivity contribution in [1.29, 1.82) is 0 Å². The second-order valence-electron chi connectivity index (χ2n) is 1.78. The molecule has 3 heteroatoms. The summed E-state index contributed by atoms with van der Waals surface area (Å²) in [6.45, 7) is 1.22. The van der Waals surface area contributed by atoms with Crippen LogP contribution >= 0.6 is 23.2 Å². The Balaban J connectivity index is 2.29. The molecule has 1 nitrogen and oxygen atoms in total. The molecule has 1 heterocycles. The summed E-state index contributed by atoms with van der Waals surface area (Å²) in [4.78, 5) is -0.221. The van der Waals surface area contributed by atoms with Gasteiger partial charge in [0, 0.05) is 5.88 Å². The average molecular weight is 141 g/mol. The van der Waals surface area contributed by atoms with Crippen molar-refractivity contribution in [3.8, 4) is 0 Å². The zero-order chi connectivity index (χ0) is 5.33. The van der Waals surface area contributed by atoms with Crippen LogP contribution < -0.4 is 0 Å². The van der Waals surface area contributed by atoms with E-state index in [4.69, 9.17) is 27.9 Å². The maximum Gasteiger partial charge on any atom is 0.105 e. The molecular formula is C4H6Cl2O. The predicted molar refractivity (Wildman–Crippen MR) is 30.1 cm³/mol. The van der Waals surface area contributed by atoms with Crippen molar-refractivity contribution in [2.75, 3.05) is 19.1 Å². The molecule has 0 unspecified atom stereocenters. The quantitative estimate of drug-likeness (QED) is 0.499. The molecule has 1 aliphatic rings. The van der Waals surface area contributed by atoms with Gasteiger partial charge in [-0.3, -0.25) is 0 Å². The number of halogens is 2. The monoisotopic (exact) mass is 140 g/mol. The van der Waals surface area contributed by atoms with Gasteiger partial charge in [0.25, 0.3) is 0 Å². The van der Waals surface area contributed by atoms with Crippen molar-refractivity contribution in [2.45, 2.75) is 4.87 Å². The van der Waals surface area contributed by atoms with Gasteiger partial charge in [-0.25, -0.2) is 0 Å². The summed E-state index contributed by atoms with van der Waals surface area (Å²) < 4.78 is 4.81. The summed E-state index contributed by atoms with van der Waals surface area (Å²) in [6.07, 6.45) is 0. The second-order valence-corrected chi connectivity index (χ2v) is 2.85. The highest BCUT2D eigenvalue weighted by Gasteiger charge is 2.34. The van der Waals surface area contributed by atoms with Crippen LogP contribution in [0.25, 0.3) is 0 Å². The van der Waals surface area contributed by atoms with Crippen LogP contribution in [-0.2, 0) is 4.74 Å². The van der Waals surface area contributed by atoms with Crippen LogP contribution in [0.1, 0.15) is 0 Å². The molecule has 0 radical (unpaired) electrons. The minimum atomic E-state index is -0.221. The van der Waals surface area contributed by atoms with Crippen LogP contribution in [0.5, 0.6) is 0 Å². The fourth-order valence-corrected chi connectivity index (χ4v) is 0.709. The van der Waals surface area contributed by atoms with E-state index in [1.54, 1.807) is 0 Å². The molecule has 1 fully saturated rings. The number of hydrogen-bond donors (Lipinski definition) is 0. The van der Waals surface area contributed by atoms with E-state index in [-0.39, 0.29) is 4.87 Å². The molecule has 0 atom stereocenters. The van der Waals surface area contributed by atoms with Crippen molar-refractivity contribution >= 4 is 23.2 Å². The van der Waals surface area contributed by atoms with E-state index in [0.29, 0.717) is 19.1 Å². The van der Waals surface area contributed by atoms with Gasteiger partial charge in [0.15, 0.2) is 0 Å². The van der Waals surface area contributed by atoms with E-state index < -0.39 is 0 Å². The third-order valence-electron chi connectivity index (χ3n) is 0.961. The third kappa shape index (κ3) is 1.01. The lowest BCUT2D eigenvalue weighted by atomic mass is 10.1.